The number of hydrogen-bond acceptors (Lipinski definition) is 5. The van der Waals surface area contributed by atoms with Gasteiger partial charge in [0.2, 0.25) is 15.0 Å². The van der Waals surface area contributed by atoms with E-state index in [9.17, 15) is 8.42 Å². The summed E-state index contributed by atoms with van der Waals surface area (Å²) in [7, 11) is -1.89. The lowest BCUT2D eigenvalue weighted by Gasteiger charge is -1.97. The molecule has 1 heterocycles. The van der Waals surface area contributed by atoms with Gasteiger partial charge < -0.3 is 4.74 Å². The molecular formula is C5H9N3O3S. The Balaban J connectivity index is 2.74. The minimum absolute atomic E-state index is 0.0846. The summed E-state index contributed by atoms with van der Waals surface area (Å²) in [4.78, 5) is 3.53. The number of aromatic nitrogens is 3. The Morgan fingerprint density at radius 1 is 1.67 bits per heavy atom. The topological polar surface area (TPSA) is 84.9 Å². The van der Waals surface area contributed by atoms with Gasteiger partial charge in [-0.1, -0.05) is 0 Å². The molecule has 0 unspecified atom stereocenters. The molecule has 0 radical (unpaired) electrons. The maximum Gasteiger partial charge on any atom is 0.243 e. The van der Waals surface area contributed by atoms with Crippen LogP contribution in [0.15, 0.2) is 11.5 Å². The third kappa shape index (κ3) is 2.02. The van der Waals surface area contributed by atoms with Crippen molar-refractivity contribution in [3.05, 3.63) is 6.33 Å². The van der Waals surface area contributed by atoms with Crippen molar-refractivity contribution in [3.8, 4) is 0 Å². The highest BCUT2D eigenvalue weighted by Gasteiger charge is 2.16. The molecule has 12 heavy (non-hydrogen) atoms. The van der Waals surface area contributed by atoms with Crippen molar-refractivity contribution >= 4 is 9.84 Å². The average Bonchev–Trinajstić information content (AvgIpc) is 2.53. The number of sulfone groups is 1. The van der Waals surface area contributed by atoms with Gasteiger partial charge >= 0.3 is 0 Å². The highest BCUT2D eigenvalue weighted by atomic mass is 32.2. The standard InChI is InChI=1S/C5H9N3O3S/c1-11-2-3-12(9,10)5-6-4-7-8-5/h4H,2-3H2,1H3,(H,6,7,8). The largest absolute Gasteiger partial charge is 0.384 e. The number of methoxy groups -OCH3 is 1. The minimum atomic E-state index is -3.33. The Hall–Kier alpha value is -0.950. The number of nitrogens with one attached hydrogen (secondary N) is 1. The van der Waals surface area contributed by atoms with E-state index in [0.29, 0.717) is 0 Å². The van der Waals surface area contributed by atoms with Crippen molar-refractivity contribution in [2.45, 2.75) is 5.16 Å². The molecule has 0 atom stereocenters. The molecule has 1 aromatic rings. The van der Waals surface area contributed by atoms with Crippen LogP contribution in [0.4, 0.5) is 0 Å². The second kappa shape index (κ2) is 3.63. The third-order valence-electron chi connectivity index (χ3n) is 1.24. The summed E-state index contributed by atoms with van der Waals surface area (Å²) >= 11 is 0. The van der Waals surface area contributed by atoms with E-state index in [1.807, 2.05) is 0 Å². The molecular weight excluding hydrogens is 182 g/mol. The van der Waals surface area contributed by atoms with Crippen LogP contribution >= 0.6 is 0 Å². The molecule has 0 aliphatic rings. The zero-order chi connectivity index (χ0) is 9.03. The van der Waals surface area contributed by atoms with Gasteiger partial charge in [-0.25, -0.2) is 13.4 Å². The molecule has 0 aliphatic carbocycles. The number of H-pyrrole nitrogens is 1. The Labute approximate surface area is 69.9 Å². The lowest BCUT2D eigenvalue weighted by atomic mass is 10.9. The van der Waals surface area contributed by atoms with Crippen LogP contribution in [0.3, 0.4) is 0 Å². The van der Waals surface area contributed by atoms with Crippen LogP contribution in [0.5, 0.6) is 0 Å². The Morgan fingerprint density at radius 3 is 2.92 bits per heavy atom. The van der Waals surface area contributed by atoms with Crippen LogP contribution in [-0.4, -0.2) is 43.1 Å². The first-order chi connectivity index (χ1) is 5.67. The van der Waals surface area contributed by atoms with Gasteiger partial charge in [-0.2, -0.15) is 5.10 Å². The lowest BCUT2D eigenvalue weighted by Crippen LogP contribution is -2.12. The molecule has 0 spiro atoms. The number of nitrogens with zero attached hydrogens (tertiary/aromatic N) is 2. The molecule has 1 aromatic heterocycles. The lowest BCUT2D eigenvalue weighted by molar-refractivity contribution is 0.217. The quantitative estimate of drug-likeness (QED) is 0.675. The Kier molecular flexibility index (Phi) is 2.77. The molecule has 68 valence electrons. The third-order valence-corrected chi connectivity index (χ3v) is 2.73. The second-order valence-corrected chi connectivity index (χ2v) is 4.13. The molecule has 0 aliphatic heterocycles. The van der Waals surface area contributed by atoms with Crippen molar-refractivity contribution in [3.63, 3.8) is 0 Å². The van der Waals surface area contributed by atoms with Gasteiger partial charge in [0.25, 0.3) is 0 Å². The van der Waals surface area contributed by atoms with Crippen molar-refractivity contribution in [1.82, 2.24) is 15.2 Å². The van der Waals surface area contributed by atoms with E-state index in [2.05, 4.69) is 19.9 Å². The molecule has 7 heteroatoms. The first-order valence-corrected chi connectivity index (χ1v) is 4.89. The van der Waals surface area contributed by atoms with Crippen LogP contribution in [0.2, 0.25) is 0 Å². The van der Waals surface area contributed by atoms with Gasteiger partial charge in [-0.05, 0) is 0 Å². The van der Waals surface area contributed by atoms with Crippen molar-refractivity contribution < 1.29 is 13.2 Å². The number of hydrogen-bond donors (Lipinski definition) is 1. The van der Waals surface area contributed by atoms with E-state index in [1.165, 1.54) is 7.11 Å². The fourth-order valence-electron chi connectivity index (χ4n) is 0.634. The first-order valence-electron chi connectivity index (χ1n) is 3.24. The smallest absolute Gasteiger partial charge is 0.243 e. The van der Waals surface area contributed by atoms with E-state index >= 15 is 0 Å². The van der Waals surface area contributed by atoms with E-state index in [0.717, 1.165) is 6.33 Å². The van der Waals surface area contributed by atoms with Crippen molar-refractivity contribution in [2.75, 3.05) is 19.5 Å². The van der Waals surface area contributed by atoms with Gasteiger partial charge in [0, 0.05) is 7.11 Å². The van der Waals surface area contributed by atoms with Gasteiger partial charge in [-0.15, -0.1) is 0 Å². The van der Waals surface area contributed by atoms with Crippen LogP contribution in [0.1, 0.15) is 0 Å². The first kappa shape index (κ1) is 9.14. The van der Waals surface area contributed by atoms with E-state index < -0.39 is 9.84 Å². The molecule has 1 N–H and O–H groups in total. The SMILES string of the molecule is COCCS(=O)(=O)c1ncn[nH]1. The highest BCUT2D eigenvalue weighted by molar-refractivity contribution is 7.91. The summed E-state index contributed by atoms with van der Waals surface area (Å²) in [6.45, 7) is 0.156. The van der Waals surface area contributed by atoms with Gasteiger partial charge in [-0.3, -0.25) is 5.10 Å². The zero-order valence-corrected chi connectivity index (χ0v) is 7.34. The van der Waals surface area contributed by atoms with Crippen molar-refractivity contribution in [1.29, 1.82) is 0 Å². The molecule has 0 fully saturated rings. The van der Waals surface area contributed by atoms with E-state index in [-0.39, 0.29) is 17.5 Å². The van der Waals surface area contributed by atoms with E-state index in [4.69, 9.17) is 0 Å². The normalized spacial score (nSPS) is 11.8. The molecule has 0 aromatic carbocycles. The van der Waals surface area contributed by atoms with Crippen LogP contribution in [0, 0.1) is 0 Å². The predicted molar refractivity (Wildman–Crippen MR) is 40.3 cm³/mol. The number of rotatable bonds is 4. The monoisotopic (exact) mass is 191 g/mol. The number of aromatic amines is 1. The minimum Gasteiger partial charge on any atom is -0.384 e. The molecule has 0 amide bonds. The predicted octanol–water partition coefficient (Wildman–Crippen LogP) is -0.775. The van der Waals surface area contributed by atoms with Crippen LogP contribution in [0.25, 0.3) is 0 Å². The Bertz CT molecular complexity index is 318. The van der Waals surface area contributed by atoms with Gasteiger partial charge in [0.05, 0.1) is 12.4 Å². The number of ether oxygens (including phenoxy) is 1. The molecule has 6 nitrogen and oxygen atoms in total. The highest BCUT2D eigenvalue weighted by Crippen LogP contribution is 2.01. The van der Waals surface area contributed by atoms with Gasteiger partial charge in [0.1, 0.15) is 6.33 Å². The maximum absolute atomic E-state index is 11.2. The zero-order valence-electron chi connectivity index (χ0n) is 6.52. The summed E-state index contributed by atoms with van der Waals surface area (Å²) in [5.41, 5.74) is 0. The summed E-state index contributed by atoms with van der Waals surface area (Å²) < 4.78 is 27.1. The van der Waals surface area contributed by atoms with Crippen molar-refractivity contribution in [2.24, 2.45) is 0 Å². The molecule has 0 saturated heterocycles. The van der Waals surface area contributed by atoms with Gasteiger partial charge in [0.15, 0.2) is 0 Å². The second-order valence-electron chi connectivity index (χ2n) is 2.10. The molecule has 0 saturated carbocycles. The summed E-state index contributed by atoms with van der Waals surface area (Å²) in [5.74, 6) is -0.0846. The average molecular weight is 191 g/mol. The molecule has 0 bridgehead atoms. The fraction of sp³-hybridized carbons (Fsp3) is 0.600. The molecule has 1 rings (SSSR count). The summed E-state index contributed by atoms with van der Waals surface area (Å²) in [6.07, 6.45) is 1.15. The Morgan fingerprint density at radius 2 is 2.42 bits per heavy atom. The summed E-state index contributed by atoms with van der Waals surface area (Å²) in [6, 6.07) is 0. The van der Waals surface area contributed by atoms with Crippen LogP contribution < -0.4 is 0 Å². The fourth-order valence-corrected chi connectivity index (χ4v) is 1.61. The van der Waals surface area contributed by atoms with E-state index in [1.54, 1.807) is 0 Å². The maximum atomic E-state index is 11.2. The van der Waals surface area contributed by atoms with Crippen LogP contribution in [-0.2, 0) is 14.6 Å². The summed E-state index contributed by atoms with van der Waals surface area (Å²) in [5, 5.41) is 5.61.